The van der Waals surface area contributed by atoms with Gasteiger partial charge in [-0.1, -0.05) is 36.4 Å². The highest BCUT2D eigenvalue weighted by Crippen LogP contribution is 2.31. The standard InChI is InChI=1S/C23H18N6O/c30-20-14-17(9-12-25-20)22-27-23(26-15-18-8-4-5-11-24-18)21-19(10-13-29(21)28-22)16-6-2-1-3-7-16/h1-14H,15H2,(H,25,30)(H,26,27,28). The summed E-state index contributed by atoms with van der Waals surface area (Å²) in [5, 5.41) is 8.05. The smallest absolute Gasteiger partial charge is 0.248 e. The minimum absolute atomic E-state index is 0.198. The molecule has 0 radical (unpaired) electrons. The monoisotopic (exact) mass is 394 g/mol. The third-order valence-corrected chi connectivity index (χ3v) is 4.79. The number of nitrogens with zero attached hydrogens (tertiary/aromatic N) is 4. The SMILES string of the molecule is O=c1cc(-c2nc(NCc3ccccn3)c3c(-c4ccccc4)ccn3n2)cc[nH]1. The van der Waals surface area contributed by atoms with Crippen LogP contribution in [0.25, 0.3) is 28.0 Å². The number of hydrogen-bond acceptors (Lipinski definition) is 5. The molecular weight excluding hydrogens is 376 g/mol. The molecule has 7 heteroatoms. The first-order valence-electron chi connectivity index (χ1n) is 9.56. The molecule has 0 saturated carbocycles. The van der Waals surface area contributed by atoms with Crippen LogP contribution in [0.3, 0.4) is 0 Å². The van der Waals surface area contributed by atoms with Gasteiger partial charge in [0.2, 0.25) is 5.56 Å². The maximum Gasteiger partial charge on any atom is 0.248 e. The van der Waals surface area contributed by atoms with E-state index in [1.165, 1.54) is 6.07 Å². The fourth-order valence-electron chi connectivity index (χ4n) is 3.38. The van der Waals surface area contributed by atoms with Crippen molar-refractivity contribution in [3.05, 3.63) is 101 Å². The number of fused-ring (bicyclic) bond motifs is 1. The van der Waals surface area contributed by atoms with Crippen LogP contribution in [-0.2, 0) is 6.54 Å². The van der Waals surface area contributed by atoms with Gasteiger partial charge in [0.25, 0.3) is 0 Å². The lowest BCUT2D eigenvalue weighted by Gasteiger charge is -2.11. The van der Waals surface area contributed by atoms with Gasteiger partial charge >= 0.3 is 0 Å². The summed E-state index contributed by atoms with van der Waals surface area (Å²) in [6.45, 7) is 0.516. The maximum absolute atomic E-state index is 11.8. The van der Waals surface area contributed by atoms with E-state index in [9.17, 15) is 4.79 Å². The molecule has 4 aromatic heterocycles. The van der Waals surface area contributed by atoms with E-state index >= 15 is 0 Å². The lowest BCUT2D eigenvalue weighted by molar-refractivity contribution is 0.906. The molecule has 146 valence electrons. The van der Waals surface area contributed by atoms with E-state index in [4.69, 9.17) is 4.98 Å². The van der Waals surface area contributed by atoms with E-state index < -0.39 is 0 Å². The molecule has 0 atom stereocenters. The molecule has 0 saturated heterocycles. The highest BCUT2D eigenvalue weighted by Gasteiger charge is 2.15. The third-order valence-electron chi connectivity index (χ3n) is 4.79. The van der Waals surface area contributed by atoms with Gasteiger partial charge in [-0.25, -0.2) is 9.50 Å². The van der Waals surface area contributed by atoms with Crippen molar-refractivity contribution in [2.24, 2.45) is 0 Å². The van der Waals surface area contributed by atoms with Crippen LogP contribution in [0.4, 0.5) is 5.82 Å². The van der Waals surface area contributed by atoms with E-state index in [0.717, 1.165) is 22.3 Å². The summed E-state index contributed by atoms with van der Waals surface area (Å²) >= 11 is 0. The quantitative estimate of drug-likeness (QED) is 0.474. The summed E-state index contributed by atoms with van der Waals surface area (Å²) in [5.74, 6) is 1.14. The Labute approximate surface area is 172 Å². The van der Waals surface area contributed by atoms with Crippen molar-refractivity contribution in [1.29, 1.82) is 0 Å². The van der Waals surface area contributed by atoms with Crippen molar-refractivity contribution >= 4 is 11.3 Å². The Morgan fingerprint density at radius 3 is 2.63 bits per heavy atom. The van der Waals surface area contributed by atoms with E-state index in [1.807, 2.05) is 48.7 Å². The Hall–Kier alpha value is -4.26. The van der Waals surface area contributed by atoms with Gasteiger partial charge in [0.05, 0.1) is 12.2 Å². The predicted octanol–water partition coefficient (Wildman–Crippen LogP) is 3.76. The van der Waals surface area contributed by atoms with Gasteiger partial charge in [0, 0.05) is 35.8 Å². The van der Waals surface area contributed by atoms with Crippen molar-refractivity contribution in [2.75, 3.05) is 5.32 Å². The zero-order valence-corrected chi connectivity index (χ0v) is 16.0. The van der Waals surface area contributed by atoms with Gasteiger partial charge in [0.1, 0.15) is 5.52 Å². The number of H-pyrrole nitrogens is 1. The number of aromatic nitrogens is 5. The molecule has 7 nitrogen and oxygen atoms in total. The van der Waals surface area contributed by atoms with Crippen LogP contribution < -0.4 is 10.9 Å². The van der Waals surface area contributed by atoms with E-state index in [1.54, 1.807) is 23.0 Å². The van der Waals surface area contributed by atoms with E-state index in [2.05, 4.69) is 32.5 Å². The van der Waals surface area contributed by atoms with Crippen LogP contribution in [0.1, 0.15) is 5.69 Å². The zero-order chi connectivity index (χ0) is 20.3. The van der Waals surface area contributed by atoms with E-state index in [0.29, 0.717) is 23.8 Å². The Bertz CT molecular complexity index is 1360. The van der Waals surface area contributed by atoms with Gasteiger partial charge in [-0.3, -0.25) is 9.78 Å². The number of benzene rings is 1. The number of aromatic amines is 1. The van der Waals surface area contributed by atoms with Crippen molar-refractivity contribution < 1.29 is 0 Å². The average Bonchev–Trinajstić information content (AvgIpc) is 3.23. The lowest BCUT2D eigenvalue weighted by Crippen LogP contribution is -2.09. The minimum Gasteiger partial charge on any atom is -0.363 e. The van der Waals surface area contributed by atoms with Crippen LogP contribution in [0, 0.1) is 0 Å². The Kier molecular flexibility index (Phi) is 4.53. The summed E-state index contributed by atoms with van der Waals surface area (Å²) in [7, 11) is 0. The molecule has 0 bridgehead atoms. The van der Waals surface area contributed by atoms with Gasteiger partial charge in [-0.15, -0.1) is 5.10 Å². The van der Waals surface area contributed by atoms with Crippen LogP contribution in [-0.4, -0.2) is 24.6 Å². The number of rotatable bonds is 5. The Balaban J connectivity index is 1.66. The van der Waals surface area contributed by atoms with Gasteiger partial charge in [0.15, 0.2) is 11.6 Å². The highest BCUT2D eigenvalue weighted by molar-refractivity contribution is 5.89. The zero-order valence-electron chi connectivity index (χ0n) is 16.0. The summed E-state index contributed by atoms with van der Waals surface area (Å²) < 4.78 is 1.80. The fraction of sp³-hybridized carbons (Fsp3) is 0.0435. The van der Waals surface area contributed by atoms with Gasteiger partial charge < -0.3 is 10.3 Å². The van der Waals surface area contributed by atoms with Crippen molar-refractivity contribution in [3.63, 3.8) is 0 Å². The molecule has 0 aliphatic carbocycles. The summed E-state index contributed by atoms with van der Waals surface area (Å²) in [6.07, 6.45) is 5.26. The van der Waals surface area contributed by atoms with Crippen LogP contribution >= 0.6 is 0 Å². The summed E-state index contributed by atoms with van der Waals surface area (Å²) in [5.41, 5.74) is 4.32. The third kappa shape index (κ3) is 3.44. The molecule has 5 rings (SSSR count). The second-order valence-electron chi connectivity index (χ2n) is 6.79. The molecule has 1 aromatic carbocycles. The average molecular weight is 394 g/mol. The molecular formula is C23H18N6O. The first-order chi connectivity index (χ1) is 14.8. The van der Waals surface area contributed by atoms with Crippen molar-refractivity contribution in [2.45, 2.75) is 6.54 Å². The number of nitrogens with one attached hydrogen (secondary N) is 2. The number of hydrogen-bond donors (Lipinski definition) is 2. The normalized spacial score (nSPS) is 10.9. The Morgan fingerprint density at radius 1 is 0.967 bits per heavy atom. The molecule has 0 aliphatic rings. The first kappa shape index (κ1) is 17.8. The molecule has 0 spiro atoms. The Morgan fingerprint density at radius 2 is 1.83 bits per heavy atom. The van der Waals surface area contributed by atoms with Crippen LogP contribution in [0.2, 0.25) is 0 Å². The fourth-order valence-corrected chi connectivity index (χ4v) is 3.38. The van der Waals surface area contributed by atoms with Crippen molar-refractivity contribution in [3.8, 4) is 22.5 Å². The maximum atomic E-state index is 11.8. The predicted molar refractivity (Wildman–Crippen MR) is 116 cm³/mol. The van der Waals surface area contributed by atoms with Crippen molar-refractivity contribution in [1.82, 2.24) is 24.6 Å². The molecule has 0 fully saturated rings. The molecule has 0 amide bonds. The summed E-state index contributed by atoms with van der Waals surface area (Å²) in [6, 6.07) is 21.2. The molecule has 2 N–H and O–H groups in total. The number of anilines is 1. The van der Waals surface area contributed by atoms with Crippen LogP contribution in [0.15, 0.2) is 90.1 Å². The summed E-state index contributed by atoms with van der Waals surface area (Å²) in [4.78, 5) is 23.5. The first-order valence-corrected chi connectivity index (χ1v) is 9.56. The largest absolute Gasteiger partial charge is 0.363 e. The highest BCUT2D eigenvalue weighted by atomic mass is 16.1. The minimum atomic E-state index is -0.198. The lowest BCUT2D eigenvalue weighted by atomic mass is 10.1. The van der Waals surface area contributed by atoms with Gasteiger partial charge in [-0.05, 0) is 29.8 Å². The molecule has 5 aromatic rings. The molecule has 4 heterocycles. The second-order valence-corrected chi connectivity index (χ2v) is 6.79. The topological polar surface area (TPSA) is 88.0 Å². The molecule has 30 heavy (non-hydrogen) atoms. The molecule has 0 aliphatic heterocycles. The number of pyridine rings is 2. The van der Waals surface area contributed by atoms with Gasteiger partial charge in [-0.2, -0.15) is 0 Å². The van der Waals surface area contributed by atoms with Crippen LogP contribution in [0.5, 0.6) is 0 Å². The molecule has 0 unspecified atom stereocenters. The van der Waals surface area contributed by atoms with E-state index in [-0.39, 0.29) is 5.56 Å². The second kappa shape index (κ2) is 7.63.